The summed E-state index contributed by atoms with van der Waals surface area (Å²) in [5.74, 6) is -0.579. The van der Waals surface area contributed by atoms with Crippen LogP contribution in [0.3, 0.4) is 0 Å². The van der Waals surface area contributed by atoms with Crippen molar-refractivity contribution in [2.24, 2.45) is 5.92 Å². The number of alkyl halides is 3. The average Bonchev–Trinajstić information content (AvgIpc) is 3.44. The molecule has 5 nitrogen and oxygen atoms in total. The van der Waals surface area contributed by atoms with Crippen LogP contribution in [0.25, 0.3) is 0 Å². The number of nitrogens with zero attached hydrogens (tertiary/aromatic N) is 3. The van der Waals surface area contributed by atoms with Gasteiger partial charge in [-0.25, -0.2) is 4.98 Å². The van der Waals surface area contributed by atoms with Crippen LogP contribution in [0.5, 0.6) is 0 Å². The molecule has 0 saturated carbocycles. The first-order valence-electron chi connectivity index (χ1n) is 10.3. The zero-order chi connectivity index (χ0) is 21.1. The van der Waals surface area contributed by atoms with Crippen LogP contribution in [0, 0.1) is 5.92 Å². The van der Waals surface area contributed by atoms with Crippen molar-refractivity contribution in [2.45, 2.75) is 32.0 Å². The molecule has 1 amide bonds. The zero-order valence-corrected chi connectivity index (χ0v) is 16.7. The fraction of sp³-hybridized carbons (Fsp3) is 0.455. The first-order chi connectivity index (χ1) is 14.4. The molecular formula is C22H25F3N4O. The van der Waals surface area contributed by atoms with Gasteiger partial charge in [0.05, 0.1) is 11.5 Å². The number of nitrogens with one attached hydrogen (secondary N) is 1. The monoisotopic (exact) mass is 418 g/mol. The predicted octanol–water partition coefficient (Wildman–Crippen LogP) is 3.84. The van der Waals surface area contributed by atoms with Gasteiger partial charge >= 0.3 is 6.18 Å². The molecule has 2 aliphatic rings. The van der Waals surface area contributed by atoms with Crippen molar-refractivity contribution in [1.82, 2.24) is 10.3 Å². The minimum absolute atomic E-state index is 0.0975. The summed E-state index contributed by atoms with van der Waals surface area (Å²) in [6.45, 7) is 3.07. The number of anilines is 2. The molecule has 1 N–H and O–H groups in total. The Morgan fingerprint density at radius 3 is 2.60 bits per heavy atom. The molecule has 1 unspecified atom stereocenters. The van der Waals surface area contributed by atoms with Gasteiger partial charge in [0.25, 0.3) is 0 Å². The Balaban J connectivity index is 1.39. The lowest BCUT2D eigenvalue weighted by Gasteiger charge is -2.22. The van der Waals surface area contributed by atoms with Gasteiger partial charge in [-0.2, -0.15) is 13.2 Å². The molecule has 2 aliphatic heterocycles. The number of carbonyl (C=O) groups is 1. The van der Waals surface area contributed by atoms with Gasteiger partial charge in [-0.05, 0) is 43.0 Å². The third kappa shape index (κ3) is 4.37. The van der Waals surface area contributed by atoms with Gasteiger partial charge in [0.1, 0.15) is 5.82 Å². The molecule has 0 radical (unpaired) electrons. The molecule has 0 spiro atoms. The van der Waals surface area contributed by atoms with E-state index in [1.165, 1.54) is 25.1 Å². The van der Waals surface area contributed by atoms with Gasteiger partial charge in [-0.3, -0.25) is 4.79 Å². The molecule has 1 aromatic carbocycles. The molecule has 0 bridgehead atoms. The average molecular weight is 418 g/mol. The molecule has 0 aliphatic carbocycles. The largest absolute Gasteiger partial charge is 0.419 e. The van der Waals surface area contributed by atoms with Gasteiger partial charge < -0.3 is 15.1 Å². The van der Waals surface area contributed by atoms with Gasteiger partial charge in [0.15, 0.2) is 0 Å². The standard InChI is InChI=1S/C22H25F3N4O/c23-22(24,25)18-7-5-10-26-20(18)29-13-9-17(15-29)21(30)27-14-16-6-1-2-8-19(16)28-11-3-4-12-28/h1-2,5-8,10,17H,3-4,9,11-15H2,(H,27,30). The normalized spacial score (nSPS) is 19.4. The van der Waals surface area contributed by atoms with Crippen LogP contribution in [-0.4, -0.2) is 37.1 Å². The lowest BCUT2D eigenvalue weighted by Crippen LogP contribution is -2.33. The number of hydrogen-bond donors (Lipinski definition) is 1. The van der Waals surface area contributed by atoms with Crippen LogP contribution in [0.2, 0.25) is 0 Å². The third-order valence-corrected chi connectivity index (χ3v) is 5.84. The van der Waals surface area contributed by atoms with E-state index in [1.54, 1.807) is 4.90 Å². The fourth-order valence-electron chi connectivity index (χ4n) is 4.29. The van der Waals surface area contributed by atoms with E-state index < -0.39 is 11.7 Å². The molecule has 1 aromatic heterocycles. The maximum Gasteiger partial charge on any atom is 0.419 e. The van der Waals surface area contributed by atoms with Crippen molar-refractivity contribution in [3.63, 3.8) is 0 Å². The number of para-hydroxylation sites is 1. The summed E-state index contributed by atoms with van der Waals surface area (Å²) < 4.78 is 39.8. The summed E-state index contributed by atoms with van der Waals surface area (Å²) in [4.78, 5) is 20.5. The van der Waals surface area contributed by atoms with Crippen molar-refractivity contribution < 1.29 is 18.0 Å². The van der Waals surface area contributed by atoms with E-state index in [4.69, 9.17) is 0 Å². The summed E-state index contributed by atoms with van der Waals surface area (Å²) in [5, 5.41) is 2.99. The molecule has 2 fully saturated rings. The second kappa shape index (κ2) is 8.53. The number of carbonyl (C=O) groups excluding carboxylic acids is 1. The Morgan fingerprint density at radius 1 is 1.07 bits per heavy atom. The van der Waals surface area contributed by atoms with Crippen LogP contribution in [0.1, 0.15) is 30.4 Å². The first kappa shape index (κ1) is 20.5. The molecule has 1 atom stereocenters. The topological polar surface area (TPSA) is 48.5 Å². The lowest BCUT2D eigenvalue weighted by atomic mass is 10.1. The fourth-order valence-corrected chi connectivity index (χ4v) is 4.29. The van der Waals surface area contributed by atoms with Crippen molar-refractivity contribution >= 4 is 17.4 Å². The number of hydrogen-bond acceptors (Lipinski definition) is 4. The number of benzene rings is 1. The highest BCUT2D eigenvalue weighted by Crippen LogP contribution is 2.36. The highest BCUT2D eigenvalue weighted by atomic mass is 19.4. The van der Waals surface area contributed by atoms with Crippen molar-refractivity contribution in [1.29, 1.82) is 0 Å². The first-order valence-corrected chi connectivity index (χ1v) is 10.3. The highest BCUT2D eigenvalue weighted by Gasteiger charge is 2.38. The Labute approximate surface area is 173 Å². The van der Waals surface area contributed by atoms with E-state index in [1.807, 2.05) is 18.2 Å². The molecule has 2 aromatic rings. The van der Waals surface area contributed by atoms with E-state index in [9.17, 15) is 18.0 Å². The van der Waals surface area contributed by atoms with Crippen LogP contribution >= 0.6 is 0 Å². The van der Waals surface area contributed by atoms with Gasteiger partial charge in [0, 0.05) is 44.6 Å². The van der Waals surface area contributed by atoms with E-state index in [0.29, 0.717) is 19.5 Å². The van der Waals surface area contributed by atoms with Crippen molar-refractivity contribution in [3.8, 4) is 0 Å². The van der Waals surface area contributed by atoms with Gasteiger partial charge in [-0.15, -0.1) is 0 Å². The molecule has 2 saturated heterocycles. The second-order valence-corrected chi connectivity index (χ2v) is 7.84. The SMILES string of the molecule is O=C(NCc1ccccc1N1CCCC1)C1CCN(c2ncccc2C(F)(F)F)C1. The Hall–Kier alpha value is -2.77. The van der Waals surface area contributed by atoms with Crippen molar-refractivity contribution in [2.75, 3.05) is 36.0 Å². The molecule has 3 heterocycles. The smallest absolute Gasteiger partial charge is 0.371 e. The van der Waals surface area contributed by atoms with Crippen LogP contribution < -0.4 is 15.1 Å². The molecular weight excluding hydrogens is 393 g/mol. The molecule has 30 heavy (non-hydrogen) atoms. The van der Waals surface area contributed by atoms with E-state index >= 15 is 0 Å². The summed E-state index contributed by atoms with van der Waals surface area (Å²) in [6, 6.07) is 10.4. The van der Waals surface area contributed by atoms with Crippen LogP contribution in [-0.2, 0) is 17.5 Å². The minimum atomic E-state index is -4.47. The van der Waals surface area contributed by atoms with E-state index in [2.05, 4.69) is 21.3 Å². The summed E-state index contributed by atoms with van der Waals surface area (Å²) in [7, 11) is 0. The Morgan fingerprint density at radius 2 is 1.83 bits per heavy atom. The molecule has 160 valence electrons. The number of amides is 1. The molecule has 4 rings (SSSR count). The van der Waals surface area contributed by atoms with Crippen molar-refractivity contribution in [3.05, 3.63) is 53.7 Å². The summed E-state index contributed by atoms with van der Waals surface area (Å²) in [5.41, 5.74) is 1.45. The number of pyridine rings is 1. The second-order valence-electron chi connectivity index (χ2n) is 7.84. The number of aromatic nitrogens is 1. The summed E-state index contributed by atoms with van der Waals surface area (Å²) >= 11 is 0. The maximum absolute atomic E-state index is 13.3. The van der Waals surface area contributed by atoms with E-state index in [0.717, 1.165) is 30.4 Å². The van der Waals surface area contributed by atoms with Crippen LogP contribution in [0.15, 0.2) is 42.6 Å². The van der Waals surface area contributed by atoms with Gasteiger partial charge in [-0.1, -0.05) is 18.2 Å². The lowest BCUT2D eigenvalue weighted by molar-refractivity contribution is -0.137. The Bertz CT molecular complexity index is 896. The predicted molar refractivity (Wildman–Crippen MR) is 109 cm³/mol. The third-order valence-electron chi connectivity index (χ3n) is 5.84. The van der Waals surface area contributed by atoms with Crippen LogP contribution in [0.4, 0.5) is 24.7 Å². The van der Waals surface area contributed by atoms with Gasteiger partial charge in [0.2, 0.25) is 5.91 Å². The summed E-state index contributed by atoms with van der Waals surface area (Å²) in [6.07, 6.45) is -0.262. The number of halogens is 3. The quantitative estimate of drug-likeness (QED) is 0.802. The Kier molecular flexibility index (Phi) is 5.83. The zero-order valence-electron chi connectivity index (χ0n) is 16.7. The minimum Gasteiger partial charge on any atom is -0.371 e. The highest BCUT2D eigenvalue weighted by molar-refractivity contribution is 5.80. The number of rotatable bonds is 5. The molecule has 8 heteroatoms. The van der Waals surface area contributed by atoms with E-state index in [-0.39, 0.29) is 24.2 Å². The maximum atomic E-state index is 13.3.